The van der Waals surface area contributed by atoms with Gasteiger partial charge in [-0.05, 0) is 5.39 Å². The summed E-state index contributed by atoms with van der Waals surface area (Å²) in [5.41, 5.74) is 3.99. The number of hydrogen-bond donors (Lipinski definition) is 0. The topological polar surface area (TPSA) is 0 Å². The summed E-state index contributed by atoms with van der Waals surface area (Å²) in [5, 5.41) is 2.61. The monoisotopic (exact) mass is 243 g/mol. The second-order valence-electron chi connectivity index (χ2n) is 4.04. The van der Waals surface area contributed by atoms with E-state index in [1.807, 2.05) is 6.08 Å². The minimum atomic E-state index is 0. The van der Waals surface area contributed by atoms with E-state index in [1.165, 1.54) is 27.5 Å². The van der Waals surface area contributed by atoms with Crippen LogP contribution in [0.15, 0.2) is 48.6 Å². The van der Waals surface area contributed by atoms with Gasteiger partial charge in [0.15, 0.2) is 0 Å². The van der Waals surface area contributed by atoms with Gasteiger partial charge in [-0.3, -0.25) is 6.58 Å². The van der Waals surface area contributed by atoms with Crippen molar-refractivity contribution in [1.82, 2.24) is 0 Å². The molecule has 0 saturated carbocycles. The van der Waals surface area contributed by atoms with E-state index in [0.29, 0.717) is 0 Å². The van der Waals surface area contributed by atoms with Crippen molar-refractivity contribution in [2.24, 2.45) is 0 Å². The van der Waals surface area contributed by atoms with E-state index in [1.54, 1.807) is 6.08 Å². The Morgan fingerprint density at radius 1 is 1.12 bits per heavy atom. The normalized spacial score (nSPS) is 15.2. The van der Waals surface area contributed by atoms with Gasteiger partial charge in [0.1, 0.15) is 0 Å². The zero-order chi connectivity index (χ0) is 11.0. The fraction of sp³-hybridized carbons (Fsp3) is 0.0625. The largest absolute Gasteiger partial charge is 1.00 e. The Balaban J connectivity index is 0.00000108. The van der Waals surface area contributed by atoms with E-state index < -0.39 is 0 Å². The molecule has 0 heterocycles. The maximum atomic E-state index is 5.49. The SMILES string of the molecule is [CH-]=C/C=C1\[CH-]Cc2ccc3ccccc3c21.[K+]. The van der Waals surface area contributed by atoms with E-state index in [9.17, 15) is 0 Å². The smallest absolute Gasteiger partial charge is 0.287 e. The Labute approximate surface area is 145 Å². The Hall–Kier alpha value is -0.314. The number of benzene rings is 2. The molecule has 0 bridgehead atoms. The number of rotatable bonds is 1. The summed E-state index contributed by atoms with van der Waals surface area (Å²) in [4.78, 5) is 0. The molecule has 1 aliphatic carbocycles. The van der Waals surface area contributed by atoms with Gasteiger partial charge in [-0.15, -0.1) is 11.1 Å². The van der Waals surface area contributed by atoms with Gasteiger partial charge in [0.2, 0.25) is 0 Å². The molecule has 0 fully saturated rings. The first-order chi connectivity index (χ1) is 7.90. The number of hydrogen-bond acceptors (Lipinski definition) is 0. The molecule has 0 radical (unpaired) electrons. The maximum absolute atomic E-state index is 5.49. The molecule has 17 heavy (non-hydrogen) atoms. The third-order valence-electron chi connectivity index (χ3n) is 3.12. The third kappa shape index (κ3) is 2.31. The van der Waals surface area contributed by atoms with Crippen molar-refractivity contribution in [2.45, 2.75) is 6.42 Å². The second-order valence-corrected chi connectivity index (χ2v) is 4.04. The van der Waals surface area contributed by atoms with Crippen molar-refractivity contribution in [3.8, 4) is 0 Å². The Morgan fingerprint density at radius 2 is 1.94 bits per heavy atom. The fourth-order valence-electron chi connectivity index (χ4n) is 2.40. The minimum Gasteiger partial charge on any atom is -0.287 e. The summed E-state index contributed by atoms with van der Waals surface area (Å²) in [6.45, 7) is 5.49. The van der Waals surface area contributed by atoms with Gasteiger partial charge >= 0.3 is 51.4 Å². The molecular weight excluding hydrogens is 231 g/mol. The Kier molecular flexibility index (Phi) is 4.29. The first-order valence-electron chi connectivity index (χ1n) is 5.49. The van der Waals surface area contributed by atoms with Crippen LogP contribution in [0, 0.1) is 13.0 Å². The van der Waals surface area contributed by atoms with Crippen LogP contribution in [-0.2, 0) is 6.42 Å². The average molecular weight is 243 g/mol. The van der Waals surface area contributed by atoms with Crippen molar-refractivity contribution in [1.29, 1.82) is 0 Å². The van der Waals surface area contributed by atoms with E-state index in [0.717, 1.165) is 6.42 Å². The molecule has 2 aromatic carbocycles. The summed E-state index contributed by atoms with van der Waals surface area (Å²) in [6, 6.07) is 12.9. The third-order valence-corrected chi connectivity index (χ3v) is 3.12. The van der Waals surface area contributed by atoms with E-state index in [2.05, 4.69) is 42.8 Å². The van der Waals surface area contributed by atoms with Crippen LogP contribution in [0.4, 0.5) is 0 Å². The first-order valence-corrected chi connectivity index (χ1v) is 5.49. The van der Waals surface area contributed by atoms with Gasteiger partial charge in [0, 0.05) is 0 Å². The quantitative estimate of drug-likeness (QED) is 0.517. The summed E-state index contributed by atoms with van der Waals surface area (Å²) in [5.74, 6) is 0. The van der Waals surface area contributed by atoms with Crippen molar-refractivity contribution >= 4 is 16.3 Å². The predicted octanol–water partition coefficient (Wildman–Crippen LogP) is 0.977. The van der Waals surface area contributed by atoms with Crippen molar-refractivity contribution in [3.05, 3.63) is 72.7 Å². The van der Waals surface area contributed by atoms with Gasteiger partial charge in [0.25, 0.3) is 0 Å². The number of fused-ring (bicyclic) bond motifs is 3. The van der Waals surface area contributed by atoms with Crippen molar-refractivity contribution in [2.75, 3.05) is 0 Å². The molecule has 0 aromatic heterocycles. The fourth-order valence-corrected chi connectivity index (χ4v) is 2.40. The zero-order valence-electron chi connectivity index (χ0n) is 9.98. The van der Waals surface area contributed by atoms with Crippen molar-refractivity contribution < 1.29 is 51.4 Å². The molecule has 0 amide bonds. The van der Waals surface area contributed by atoms with E-state index in [-0.39, 0.29) is 51.4 Å². The standard InChI is InChI=1S/C16H12.K/c1-2-5-13-10-11-14-9-8-12-6-3-4-7-15(12)16(13)14;/h1-10H,11H2;/q-2;+1/b13-5+;. The van der Waals surface area contributed by atoms with Gasteiger partial charge in [0.05, 0.1) is 0 Å². The summed E-state index contributed by atoms with van der Waals surface area (Å²) in [7, 11) is 0. The minimum absolute atomic E-state index is 0. The van der Waals surface area contributed by atoms with Gasteiger partial charge < -0.3 is 0 Å². The molecular formula is C16H12K-. The zero-order valence-corrected chi connectivity index (χ0v) is 13.1. The maximum Gasteiger partial charge on any atom is 1.00 e. The van der Waals surface area contributed by atoms with E-state index in [4.69, 9.17) is 6.58 Å². The molecule has 1 aliphatic rings. The molecule has 0 nitrogen and oxygen atoms in total. The van der Waals surface area contributed by atoms with Crippen LogP contribution in [0.25, 0.3) is 16.3 Å². The van der Waals surface area contributed by atoms with Gasteiger partial charge in [-0.2, -0.15) is 18.1 Å². The molecule has 0 spiro atoms. The molecule has 0 aliphatic heterocycles. The summed E-state index contributed by atoms with van der Waals surface area (Å²) in [6.07, 6.45) is 6.85. The number of allylic oxidation sites excluding steroid dienone is 3. The van der Waals surface area contributed by atoms with Crippen LogP contribution in [0.1, 0.15) is 11.1 Å². The molecule has 78 valence electrons. The molecule has 0 saturated heterocycles. The Bertz CT molecular complexity index is 593. The van der Waals surface area contributed by atoms with Crippen LogP contribution in [-0.4, -0.2) is 0 Å². The summed E-state index contributed by atoms with van der Waals surface area (Å²) < 4.78 is 0. The van der Waals surface area contributed by atoms with E-state index >= 15 is 0 Å². The van der Waals surface area contributed by atoms with Gasteiger partial charge in [-0.25, -0.2) is 6.08 Å². The summed E-state index contributed by atoms with van der Waals surface area (Å²) >= 11 is 0. The molecule has 0 atom stereocenters. The van der Waals surface area contributed by atoms with Crippen LogP contribution in [0.5, 0.6) is 0 Å². The Morgan fingerprint density at radius 3 is 2.76 bits per heavy atom. The average Bonchev–Trinajstić information content (AvgIpc) is 2.73. The molecule has 2 aromatic rings. The van der Waals surface area contributed by atoms with Crippen LogP contribution >= 0.6 is 0 Å². The molecule has 3 rings (SSSR count). The first kappa shape index (κ1) is 13.1. The molecule has 1 heteroatoms. The van der Waals surface area contributed by atoms with Crippen LogP contribution < -0.4 is 51.4 Å². The van der Waals surface area contributed by atoms with Crippen LogP contribution in [0.2, 0.25) is 0 Å². The van der Waals surface area contributed by atoms with Crippen molar-refractivity contribution in [3.63, 3.8) is 0 Å². The van der Waals surface area contributed by atoms with Gasteiger partial charge in [-0.1, -0.05) is 48.2 Å². The predicted molar refractivity (Wildman–Crippen MR) is 68.8 cm³/mol. The molecule has 0 unspecified atom stereocenters. The van der Waals surface area contributed by atoms with Crippen LogP contribution in [0.3, 0.4) is 0 Å². The molecule has 0 N–H and O–H groups in total. The second kappa shape index (κ2) is 5.55.